The topological polar surface area (TPSA) is 41.6 Å². The summed E-state index contributed by atoms with van der Waals surface area (Å²) >= 11 is 3.47. The van der Waals surface area contributed by atoms with E-state index in [0.717, 1.165) is 42.0 Å². The molecule has 0 spiro atoms. The molecule has 5 heteroatoms. The minimum Gasteiger partial charge on any atom is -0.496 e. The molecule has 0 aliphatic carbocycles. The number of hydrogen-bond donors (Lipinski definition) is 1. The van der Waals surface area contributed by atoms with Crippen molar-refractivity contribution in [2.45, 2.75) is 13.0 Å². The van der Waals surface area contributed by atoms with Gasteiger partial charge in [0.1, 0.15) is 5.75 Å². The molecule has 0 radical (unpaired) electrons. The molecule has 1 aliphatic heterocycles. The number of nitrogens with zero attached hydrogens (tertiary/aromatic N) is 1. The first-order chi connectivity index (χ1) is 9.13. The Morgan fingerprint density at radius 3 is 2.68 bits per heavy atom. The van der Waals surface area contributed by atoms with E-state index in [1.807, 2.05) is 18.2 Å². The summed E-state index contributed by atoms with van der Waals surface area (Å²) in [6, 6.07) is 5.58. The average Bonchev–Trinajstić information content (AvgIpc) is 2.40. The van der Waals surface area contributed by atoms with E-state index in [9.17, 15) is 4.79 Å². The smallest absolute Gasteiger partial charge is 0.151 e. The van der Waals surface area contributed by atoms with Gasteiger partial charge in [-0.05, 0) is 25.1 Å². The molecule has 1 aliphatic rings. The predicted octanol–water partition coefficient (Wildman–Crippen LogP) is 1.99. The summed E-state index contributed by atoms with van der Waals surface area (Å²) in [6.45, 7) is 5.23. The van der Waals surface area contributed by atoms with Gasteiger partial charge in [-0.25, -0.2) is 0 Å². The third-order valence-electron chi connectivity index (χ3n) is 3.39. The molecule has 1 N–H and O–H groups in total. The summed E-state index contributed by atoms with van der Waals surface area (Å²) in [4.78, 5) is 14.3. The Balaban J connectivity index is 2.37. The lowest BCUT2D eigenvalue weighted by Gasteiger charge is -2.34. The van der Waals surface area contributed by atoms with E-state index in [-0.39, 0.29) is 11.8 Å². The van der Waals surface area contributed by atoms with Crippen molar-refractivity contribution in [1.82, 2.24) is 10.2 Å². The second kappa shape index (κ2) is 6.50. The first-order valence-corrected chi connectivity index (χ1v) is 7.21. The van der Waals surface area contributed by atoms with E-state index in [0.29, 0.717) is 0 Å². The number of ketones is 1. The van der Waals surface area contributed by atoms with Crippen LogP contribution in [0.15, 0.2) is 22.7 Å². The van der Waals surface area contributed by atoms with E-state index in [2.05, 4.69) is 26.1 Å². The Labute approximate surface area is 122 Å². The molecule has 0 aromatic heterocycles. The Bertz CT molecular complexity index is 459. The molecule has 1 aromatic carbocycles. The maximum absolute atomic E-state index is 12.1. The molecule has 1 saturated heterocycles. The summed E-state index contributed by atoms with van der Waals surface area (Å²) in [7, 11) is 1.64. The Morgan fingerprint density at radius 1 is 1.42 bits per heavy atom. The normalized spacial score (nSPS) is 18.1. The molecule has 0 saturated carbocycles. The molecule has 1 heterocycles. The average molecular weight is 327 g/mol. The van der Waals surface area contributed by atoms with E-state index >= 15 is 0 Å². The molecule has 1 unspecified atom stereocenters. The highest BCUT2D eigenvalue weighted by Gasteiger charge is 2.28. The SMILES string of the molecule is COc1ccc(Br)cc1C(C(C)=O)N1CCNCC1. The number of piperazine rings is 1. The molecule has 0 bridgehead atoms. The largest absolute Gasteiger partial charge is 0.496 e. The van der Waals surface area contributed by atoms with Crippen LogP contribution in [-0.4, -0.2) is 44.0 Å². The number of carbonyl (C=O) groups is 1. The molecule has 1 fully saturated rings. The second-order valence-electron chi connectivity index (χ2n) is 4.69. The van der Waals surface area contributed by atoms with Gasteiger partial charge in [-0.15, -0.1) is 0 Å². The number of nitrogens with one attached hydrogen (secondary N) is 1. The van der Waals surface area contributed by atoms with Crippen molar-refractivity contribution in [3.8, 4) is 5.75 Å². The van der Waals surface area contributed by atoms with Crippen LogP contribution in [0.3, 0.4) is 0 Å². The molecule has 19 heavy (non-hydrogen) atoms. The van der Waals surface area contributed by atoms with Crippen LogP contribution in [0.1, 0.15) is 18.5 Å². The van der Waals surface area contributed by atoms with Crippen molar-refractivity contribution in [3.05, 3.63) is 28.2 Å². The zero-order valence-corrected chi connectivity index (χ0v) is 12.9. The van der Waals surface area contributed by atoms with Gasteiger partial charge in [-0.3, -0.25) is 9.69 Å². The number of methoxy groups -OCH3 is 1. The van der Waals surface area contributed by atoms with E-state index < -0.39 is 0 Å². The minimum atomic E-state index is -0.227. The zero-order valence-electron chi connectivity index (χ0n) is 11.3. The molecular formula is C14H19BrN2O2. The van der Waals surface area contributed by atoms with Gasteiger partial charge < -0.3 is 10.1 Å². The fraction of sp³-hybridized carbons (Fsp3) is 0.500. The highest BCUT2D eigenvalue weighted by atomic mass is 79.9. The van der Waals surface area contributed by atoms with E-state index in [1.165, 1.54) is 0 Å². The van der Waals surface area contributed by atoms with Crippen molar-refractivity contribution >= 4 is 21.7 Å². The summed E-state index contributed by atoms with van der Waals surface area (Å²) in [5, 5.41) is 3.31. The number of carbonyl (C=O) groups excluding carboxylic acids is 1. The number of Topliss-reactive ketones (excluding diaryl/α,β-unsaturated/α-hetero) is 1. The van der Waals surface area contributed by atoms with Crippen LogP contribution in [0.4, 0.5) is 0 Å². The van der Waals surface area contributed by atoms with Gasteiger partial charge in [-0.1, -0.05) is 15.9 Å². The quantitative estimate of drug-likeness (QED) is 0.918. The van der Waals surface area contributed by atoms with Crippen LogP contribution in [0.5, 0.6) is 5.75 Å². The Morgan fingerprint density at radius 2 is 2.11 bits per heavy atom. The molecule has 0 amide bonds. The summed E-state index contributed by atoms with van der Waals surface area (Å²) in [5.41, 5.74) is 0.936. The van der Waals surface area contributed by atoms with Gasteiger partial charge in [0.2, 0.25) is 0 Å². The molecule has 1 atom stereocenters. The molecule has 4 nitrogen and oxygen atoms in total. The van der Waals surface area contributed by atoms with Crippen LogP contribution < -0.4 is 10.1 Å². The lowest BCUT2D eigenvalue weighted by atomic mass is 10.00. The Kier molecular flexibility index (Phi) is 4.96. The third-order valence-corrected chi connectivity index (χ3v) is 3.88. The molecule has 1 aromatic rings. The van der Waals surface area contributed by atoms with Gasteiger partial charge in [0.15, 0.2) is 5.78 Å². The number of benzene rings is 1. The lowest BCUT2D eigenvalue weighted by Crippen LogP contribution is -2.46. The fourth-order valence-electron chi connectivity index (χ4n) is 2.53. The fourth-order valence-corrected chi connectivity index (χ4v) is 2.91. The monoisotopic (exact) mass is 326 g/mol. The van der Waals surface area contributed by atoms with Gasteiger partial charge in [0.25, 0.3) is 0 Å². The maximum atomic E-state index is 12.1. The third kappa shape index (κ3) is 3.35. The number of ether oxygens (including phenoxy) is 1. The number of rotatable bonds is 4. The predicted molar refractivity (Wildman–Crippen MR) is 78.6 cm³/mol. The number of hydrogen-bond acceptors (Lipinski definition) is 4. The molecular weight excluding hydrogens is 308 g/mol. The lowest BCUT2D eigenvalue weighted by molar-refractivity contribution is -0.122. The summed E-state index contributed by atoms with van der Waals surface area (Å²) in [5.74, 6) is 0.917. The van der Waals surface area contributed by atoms with Crippen molar-refractivity contribution in [2.75, 3.05) is 33.3 Å². The van der Waals surface area contributed by atoms with Gasteiger partial charge in [0.05, 0.1) is 13.2 Å². The number of halogens is 1. The minimum absolute atomic E-state index is 0.151. The zero-order chi connectivity index (χ0) is 13.8. The Hall–Kier alpha value is -0.910. The highest BCUT2D eigenvalue weighted by Crippen LogP contribution is 2.32. The van der Waals surface area contributed by atoms with Crippen LogP contribution >= 0.6 is 15.9 Å². The van der Waals surface area contributed by atoms with E-state index in [4.69, 9.17) is 4.74 Å². The van der Waals surface area contributed by atoms with Crippen LogP contribution in [0, 0.1) is 0 Å². The molecule has 2 rings (SSSR count). The second-order valence-corrected chi connectivity index (χ2v) is 5.60. The van der Waals surface area contributed by atoms with Gasteiger partial charge in [-0.2, -0.15) is 0 Å². The van der Waals surface area contributed by atoms with E-state index in [1.54, 1.807) is 14.0 Å². The maximum Gasteiger partial charge on any atom is 0.151 e. The van der Waals surface area contributed by atoms with Crippen LogP contribution in [0.2, 0.25) is 0 Å². The standard InChI is InChI=1S/C14H19BrN2O2/c1-10(18)14(17-7-5-16-6-8-17)12-9-11(15)3-4-13(12)19-2/h3-4,9,14,16H,5-8H2,1-2H3. The summed E-state index contributed by atoms with van der Waals surface area (Å²) in [6.07, 6.45) is 0. The summed E-state index contributed by atoms with van der Waals surface area (Å²) < 4.78 is 6.37. The van der Waals surface area contributed by atoms with Crippen LogP contribution in [-0.2, 0) is 4.79 Å². The highest BCUT2D eigenvalue weighted by molar-refractivity contribution is 9.10. The van der Waals surface area contributed by atoms with Crippen molar-refractivity contribution in [1.29, 1.82) is 0 Å². The van der Waals surface area contributed by atoms with Crippen molar-refractivity contribution < 1.29 is 9.53 Å². The first kappa shape index (κ1) is 14.5. The van der Waals surface area contributed by atoms with Gasteiger partial charge in [0, 0.05) is 36.2 Å². The van der Waals surface area contributed by atoms with Crippen LogP contribution in [0.25, 0.3) is 0 Å². The molecule has 104 valence electrons. The van der Waals surface area contributed by atoms with Gasteiger partial charge >= 0.3 is 0 Å². The first-order valence-electron chi connectivity index (χ1n) is 6.42. The van der Waals surface area contributed by atoms with Crippen molar-refractivity contribution in [3.63, 3.8) is 0 Å². The van der Waals surface area contributed by atoms with Crippen molar-refractivity contribution in [2.24, 2.45) is 0 Å².